The Bertz CT molecular complexity index is 446. The third-order valence-electron chi connectivity index (χ3n) is 2.52. The van der Waals surface area contributed by atoms with Crippen molar-refractivity contribution in [1.82, 2.24) is 5.32 Å². The standard InChI is InChI=1S/C13H16ClNO3/c1-8(2)12(16)15-11(13(17)18)7-9-5-3-4-6-10(9)14/h3-6,8,11H,7H2,1-2H3,(H,15,16)(H,17,18)/t11-/m0/s1. The number of hydrogen-bond donors (Lipinski definition) is 2. The summed E-state index contributed by atoms with van der Waals surface area (Å²) >= 11 is 5.97. The third kappa shape index (κ3) is 4.04. The molecule has 0 saturated carbocycles. The molecule has 2 N–H and O–H groups in total. The van der Waals surface area contributed by atoms with Crippen LogP contribution in [0.2, 0.25) is 5.02 Å². The zero-order valence-corrected chi connectivity index (χ0v) is 11.1. The van der Waals surface area contributed by atoms with E-state index in [9.17, 15) is 9.59 Å². The molecule has 4 nitrogen and oxygen atoms in total. The van der Waals surface area contributed by atoms with Crippen molar-refractivity contribution in [3.8, 4) is 0 Å². The summed E-state index contributed by atoms with van der Waals surface area (Å²) in [6.07, 6.45) is 0.174. The molecule has 0 radical (unpaired) electrons. The van der Waals surface area contributed by atoms with Gasteiger partial charge in [0.1, 0.15) is 6.04 Å². The molecule has 1 aromatic rings. The van der Waals surface area contributed by atoms with Crippen molar-refractivity contribution >= 4 is 23.5 Å². The Morgan fingerprint density at radius 2 is 1.94 bits per heavy atom. The molecule has 1 rings (SSSR count). The molecule has 0 spiro atoms. The van der Waals surface area contributed by atoms with Crippen LogP contribution in [0.5, 0.6) is 0 Å². The second kappa shape index (κ2) is 6.40. The number of amides is 1. The molecule has 1 atom stereocenters. The van der Waals surface area contributed by atoms with E-state index in [1.807, 2.05) is 0 Å². The lowest BCUT2D eigenvalue weighted by atomic mass is 10.0. The van der Waals surface area contributed by atoms with Gasteiger partial charge in [-0.15, -0.1) is 0 Å². The first kappa shape index (κ1) is 14.5. The van der Waals surface area contributed by atoms with E-state index in [-0.39, 0.29) is 18.2 Å². The van der Waals surface area contributed by atoms with Gasteiger partial charge in [-0.25, -0.2) is 4.79 Å². The minimum absolute atomic E-state index is 0.174. The topological polar surface area (TPSA) is 66.4 Å². The van der Waals surface area contributed by atoms with E-state index < -0.39 is 12.0 Å². The number of aliphatic carboxylic acids is 1. The fourth-order valence-electron chi connectivity index (χ4n) is 1.42. The molecular weight excluding hydrogens is 254 g/mol. The summed E-state index contributed by atoms with van der Waals surface area (Å²) in [5.74, 6) is -1.60. The number of hydrogen-bond acceptors (Lipinski definition) is 2. The summed E-state index contributed by atoms with van der Waals surface area (Å²) in [4.78, 5) is 22.6. The van der Waals surface area contributed by atoms with Gasteiger partial charge in [-0.1, -0.05) is 43.6 Å². The first-order valence-corrected chi connectivity index (χ1v) is 6.06. The van der Waals surface area contributed by atoms with Crippen molar-refractivity contribution in [2.75, 3.05) is 0 Å². The van der Waals surface area contributed by atoms with Gasteiger partial charge in [0.05, 0.1) is 0 Å². The van der Waals surface area contributed by atoms with E-state index in [0.29, 0.717) is 10.6 Å². The number of nitrogens with one attached hydrogen (secondary N) is 1. The Morgan fingerprint density at radius 1 is 1.33 bits per heavy atom. The molecule has 0 aliphatic carbocycles. The average molecular weight is 270 g/mol. The van der Waals surface area contributed by atoms with Crippen LogP contribution in [-0.2, 0) is 16.0 Å². The van der Waals surface area contributed by atoms with Crippen LogP contribution in [-0.4, -0.2) is 23.0 Å². The van der Waals surface area contributed by atoms with Gasteiger partial charge >= 0.3 is 5.97 Å². The SMILES string of the molecule is CC(C)C(=O)N[C@@H](Cc1ccccc1Cl)C(=O)O. The first-order valence-electron chi connectivity index (χ1n) is 5.68. The van der Waals surface area contributed by atoms with E-state index in [2.05, 4.69) is 5.32 Å². The normalized spacial score (nSPS) is 12.2. The number of halogens is 1. The molecule has 0 aliphatic heterocycles. The number of carbonyl (C=O) groups is 2. The summed E-state index contributed by atoms with van der Waals surface area (Å²) in [7, 11) is 0. The van der Waals surface area contributed by atoms with Crippen LogP contribution in [0, 0.1) is 5.92 Å². The van der Waals surface area contributed by atoms with Gasteiger partial charge in [-0.05, 0) is 11.6 Å². The molecule has 98 valence electrons. The summed E-state index contributed by atoms with van der Waals surface area (Å²) in [5, 5.41) is 12.1. The Morgan fingerprint density at radius 3 is 2.44 bits per heavy atom. The summed E-state index contributed by atoms with van der Waals surface area (Å²) in [6.45, 7) is 3.42. The van der Waals surface area contributed by atoms with E-state index in [1.54, 1.807) is 38.1 Å². The Hall–Kier alpha value is -1.55. The Kier molecular flexibility index (Phi) is 5.16. The molecule has 0 unspecified atom stereocenters. The predicted octanol–water partition coefficient (Wildman–Crippen LogP) is 2.11. The van der Waals surface area contributed by atoms with Crippen molar-refractivity contribution in [1.29, 1.82) is 0 Å². The maximum atomic E-state index is 11.5. The fraction of sp³-hybridized carbons (Fsp3) is 0.385. The molecule has 0 aromatic heterocycles. The number of carbonyl (C=O) groups excluding carboxylic acids is 1. The minimum atomic E-state index is -1.07. The minimum Gasteiger partial charge on any atom is -0.480 e. The second-order valence-corrected chi connectivity index (χ2v) is 4.76. The van der Waals surface area contributed by atoms with Crippen molar-refractivity contribution in [2.24, 2.45) is 5.92 Å². The molecule has 0 fully saturated rings. The Balaban J connectivity index is 2.79. The van der Waals surface area contributed by atoms with Gasteiger partial charge in [-0.2, -0.15) is 0 Å². The van der Waals surface area contributed by atoms with E-state index in [4.69, 9.17) is 16.7 Å². The molecule has 1 amide bonds. The summed E-state index contributed by atoms with van der Waals surface area (Å²) in [6, 6.07) is 6.04. The van der Waals surface area contributed by atoms with Gasteiger partial charge in [-0.3, -0.25) is 4.79 Å². The van der Waals surface area contributed by atoms with Crippen molar-refractivity contribution < 1.29 is 14.7 Å². The van der Waals surface area contributed by atoms with Crippen LogP contribution in [0.25, 0.3) is 0 Å². The zero-order valence-electron chi connectivity index (χ0n) is 10.3. The zero-order chi connectivity index (χ0) is 13.7. The third-order valence-corrected chi connectivity index (χ3v) is 2.89. The monoisotopic (exact) mass is 269 g/mol. The second-order valence-electron chi connectivity index (χ2n) is 4.35. The highest BCUT2D eigenvalue weighted by Crippen LogP contribution is 2.16. The van der Waals surface area contributed by atoms with Crippen molar-refractivity contribution in [3.05, 3.63) is 34.9 Å². The highest BCUT2D eigenvalue weighted by molar-refractivity contribution is 6.31. The number of carboxylic acid groups (broad SMARTS) is 1. The van der Waals surface area contributed by atoms with E-state index in [0.717, 1.165) is 0 Å². The van der Waals surface area contributed by atoms with Gasteiger partial charge in [0, 0.05) is 17.4 Å². The molecule has 18 heavy (non-hydrogen) atoms. The van der Waals surface area contributed by atoms with Crippen LogP contribution in [0.4, 0.5) is 0 Å². The van der Waals surface area contributed by atoms with E-state index in [1.165, 1.54) is 0 Å². The predicted molar refractivity (Wildman–Crippen MR) is 69.6 cm³/mol. The van der Waals surface area contributed by atoms with Crippen LogP contribution < -0.4 is 5.32 Å². The van der Waals surface area contributed by atoms with Crippen molar-refractivity contribution in [3.63, 3.8) is 0 Å². The van der Waals surface area contributed by atoms with Gasteiger partial charge in [0.2, 0.25) is 5.91 Å². The number of benzene rings is 1. The van der Waals surface area contributed by atoms with Crippen LogP contribution in [0.15, 0.2) is 24.3 Å². The Labute approximate surface area is 111 Å². The highest BCUT2D eigenvalue weighted by atomic mass is 35.5. The molecule has 0 saturated heterocycles. The first-order chi connectivity index (χ1) is 8.41. The van der Waals surface area contributed by atoms with Crippen LogP contribution in [0.3, 0.4) is 0 Å². The molecular formula is C13H16ClNO3. The molecule has 1 aromatic carbocycles. The molecule has 0 bridgehead atoms. The molecule has 5 heteroatoms. The largest absolute Gasteiger partial charge is 0.480 e. The van der Waals surface area contributed by atoms with Crippen LogP contribution in [0.1, 0.15) is 19.4 Å². The number of rotatable bonds is 5. The highest BCUT2D eigenvalue weighted by Gasteiger charge is 2.22. The maximum absolute atomic E-state index is 11.5. The lowest BCUT2D eigenvalue weighted by Crippen LogP contribution is -2.44. The molecule has 0 heterocycles. The smallest absolute Gasteiger partial charge is 0.326 e. The quantitative estimate of drug-likeness (QED) is 0.860. The fourth-order valence-corrected chi connectivity index (χ4v) is 1.64. The number of carboxylic acids is 1. The lowest BCUT2D eigenvalue weighted by molar-refractivity contribution is -0.142. The van der Waals surface area contributed by atoms with E-state index >= 15 is 0 Å². The summed E-state index contributed by atoms with van der Waals surface area (Å²) < 4.78 is 0. The van der Waals surface area contributed by atoms with Crippen molar-refractivity contribution in [2.45, 2.75) is 26.3 Å². The molecule has 0 aliphatic rings. The lowest BCUT2D eigenvalue weighted by Gasteiger charge is -2.16. The van der Waals surface area contributed by atoms with Gasteiger partial charge in [0.25, 0.3) is 0 Å². The average Bonchev–Trinajstić information content (AvgIpc) is 2.30. The van der Waals surface area contributed by atoms with Gasteiger partial charge < -0.3 is 10.4 Å². The van der Waals surface area contributed by atoms with Gasteiger partial charge in [0.15, 0.2) is 0 Å². The maximum Gasteiger partial charge on any atom is 0.326 e. The van der Waals surface area contributed by atoms with Crippen LogP contribution >= 0.6 is 11.6 Å². The summed E-state index contributed by atoms with van der Waals surface area (Å²) in [5.41, 5.74) is 0.704.